The Morgan fingerprint density at radius 1 is 1.41 bits per heavy atom. The van der Waals surface area contributed by atoms with E-state index in [9.17, 15) is 0 Å². The van der Waals surface area contributed by atoms with Gasteiger partial charge in [0.15, 0.2) is 5.96 Å². The summed E-state index contributed by atoms with van der Waals surface area (Å²) in [6, 6.07) is 0.638. The van der Waals surface area contributed by atoms with Gasteiger partial charge in [0.2, 0.25) is 0 Å². The van der Waals surface area contributed by atoms with Gasteiger partial charge in [0.1, 0.15) is 0 Å². The molecule has 1 aliphatic carbocycles. The van der Waals surface area contributed by atoms with Gasteiger partial charge < -0.3 is 15.5 Å². The number of likely N-dealkylation sites (N-methyl/N-ethyl adjacent to an activating group) is 1. The van der Waals surface area contributed by atoms with Crippen LogP contribution in [-0.2, 0) is 0 Å². The normalized spacial score (nSPS) is 23.9. The molecule has 4 heteroatoms. The predicted molar refractivity (Wildman–Crippen MR) is 74.5 cm³/mol. The maximum absolute atomic E-state index is 4.24. The van der Waals surface area contributed by atoms with Gasteiger partial charge in [-0.2, -0.15) is 0 Å². The summed E-state index contributed by atoms with van der Waals surface area (Å²) in [6.07, 6.45) is 3.82. The molecule has 0 aromatic heterocycles. The molecule has 2 N–H and O–H groups in total. The lowest BCUT2D eigenvalue weighted by molar-refractivity contribution is 0.332. The molecular formula is C13H28N4. The highest BCUT2D eigenvalue weighted by molar-refractivity contribution is 5.80. The second-order valence-electron chi connectivity index (χ2n) is 5.12. The van der Waals surface area contributed by atoms with Crippen molar-refractivity contribution in [2.75, 3.05) is 33.7 Å². The van der Waals surface area contributed by atoms with E-state index < -0.39 is 0 Å². The van der Waals surface area contributed by atoms with Crippen LogP contribution in [0.1, 0.15) is 33.1 Å². The Morgan fingerprint density at radius 3 is 2.65 bits per heavy atom. The van der Waals surface area contributed by atoms with Gasteiger partial charge >= 0.3 is 0 Å². The third-order valence-electron chi connectivity index (χ3n) is 3.33. The van der Waals surface area contributed by atoms with E-state index in [0.717, 1.165) is 25.0 Å². The molecule has 0 aromatic rings. The van der Waals surface area contributed by atoms with Crippen LogP contribution in [0.3, 0.4) is 0 Å². The second-order valence-corrected chi connectivity index (χ2v) is 5.12. The highest BCUT2D eigenvalue weighted by Crippen LogP contribution is 2.28. The van der Waals surface area contributed by atoms with E-state index in [2.05, 4.69) is 41.4 Å². The van der Waals surface area contributed by atoms with Crippen LogP contribution < -0.4 is 10.6 Å². The Bertz CT molecular complexity index is 240. The topological polar surface area (TPSA) is 39.7 Å². The quantitative estimate of drug-likeness (QED) is 0.520. The summed E-state index contributed by atoms with van der Waals surface area (Å²) in [5.41, 5.74) is 0. The van der Waals surface area contributed by atoms with E-state index in [1.165, 1.54) is 25.8 Å². The van der Waals surface area contributed by atoms with Gasteiger partial charge in [-0.15, -0.1) is 0 Å². The molecule has 1 fully saturated rings. The summed E-state index contributed by atoms with van der Waals surface area (Å²) in [7, 11) is 4.01. The van der Waals surface area contributed by atoms with Gasteiger partial charge in [0.05, 0.1) is 0 Å². The van der Waals surface area contributed by atoms with Gasteiger partial charge in [-0.05, 0) is 32.4 Å². The molecule has 100 valence electrons. The molecule has 0 aliphatic heterocycles. The molecule has 17 heavy (non-hydrogen) atoms. The average molecular weight is 240 g/mol. The number of unbranched alkanes of at least 4 members (excludes halogenated alkanes) is 1. The SMILES string of the molecule is CCCCN(C)CCNC(=NC)NC1CC1C. The van der Waals surface area contributed by atoms with Crippen molar-refractivity contribution in [1.82, 2.24) is 15.5 Å². The molecule has 0 amide bonds. The fourth-order valence-corrected chi connectivity index (χ4v) is 1.80. The van der Waals surface area contributed by atoms with Crippen LogP contribution in [0, 0.1) is 5.92 Å². The van der Waals surface area contributed by atoms with Crippen LogP contribution >= 0.6 is 0 Å². The van der Waals surface area contributed by atoms with E-state index in [1.54, 1.807) is 0 Å². The zero-order chi connectivity index (χ0) is 12.7. The number of nitrogens with zero attached hydrogens (tertiary/aromatic N) is 2. The van der Waals surface area contributed by atoms with Gasteiger partial charge in [-0.25, -0.2) is 0 Å². The zero-order valence-corrected chi connectivity index (χ0v) is 11.8. The highest BCUT2D eigenvalue weighted by atomic mass is 15.2. The summed E-state index contributed by atoms with van der Waals surface area (Å²) in [6.45, 7) is 7.71. The first-order chi connectivity index (χ1) is 8.17. The summed E-state index contributed by atoms with van der Waals surface area (Å²) >= 11 is 0. The lowest BCUT2D eigenvalue weighted by Gasteiger charge is -2.17. The number of hydrogen-bond donors (Lipinski definition) is 2. The van der Waals surface area contributed by atoms with Gasteiger partial charge in [-0.1, -0.05) is 20.3 Å². The van der Waals surface area contributed by atoms with Gasteiger partial charge in [0.25, 0.3) is 0 Å². The average Bonchev–Trinajstić information content (AvgIpc) is 3.01. The van der Waals surface area contributed by atoms with Crippen molar-refractivity contribution in [3.05, 3.63) is 0 Å². The van der Waals surface area contributed by atoms with Crippen LogP contribution in [0.4, 0.5) is 0 Å². The smallest absolute Gasteiger partial charge is 0.191 e. The molecule has 1 rings (SSSR count). The lowest BCUT2D eigenvalue weighted by Crippen LogP contribution is -2.42. The third kappa shape index (κ3) is 5.91. The van der Waals surface area contributed by atoms with Crippen molar-refractivity contribution in [3.8, 4) is 0 Å². The standard InChI is InChI=1S/C13H28N4/c1-5-6-8-17(4)9-7-15-13(14-3)16-12-10-11(12)2/h11-12H,5-10H2,1-4H3,(H2,14,15,16). The zero-order valence-electron chi connectivity index (χ0n) is 11.8. The lowest BCUT2D eigenvalue weighted by atomic mass is 10.3. The van der Waals surface area contributed by atoms with Crippen LogP contribution in [0.25, 0.3) is 0 Å². The first-order valence-corrected chi connectivity index (χ1v) is 6.83. The summed E-state index contributed by atoms with van der Waals surface area (Å²) in [5.74, 6) is 1.75. The molecular weight excluding hydrogens is 212 g/mol. The van der Waals surface area contributed by atoms with E-state index in [0.29, 0.717) is 6.04 Å². The molecule has 0 spiro atoms. The Hall–Kier alpha value is -0.770. The van der Waals surface area contributed by atoms with Crippen LogP contribution in [-0.4, -0.2) is 50.6 Å². The molecule has 0 saturated heterocycles. The van der Waals surface area contributed by atoms with Crippen molar-refractivity contribution in [3.63, 3.8) is 0 Å². The van der Waals surface area contributed by atoms with Crippen molar-refractivity contribution in [1.29, 1.82) is 0 Å². The van der Waals surface area contributed by atoms with E-state index in [-0.39, 0.29) is 0 Å². The number of hydrogen-bond acceptors (Lipinski definition) is 2. The molecule has 1 saturated carbocycles. The largest absolute Gasteiger partial charge is 0.355 e. The minimum atomic E-state index is 0.638. The molecule has 0 heterocycles. The minimum Gasteiger partial charge on any atom is -0.355 e. The number of nitrogens with one attached hydrogen (secondary N) is 2. The van der Waals surface area contributed by atoms with Crippen LogP contribution in [0.15, 0.2) is 4.99 Å². The Morgan fingerprint density at radius 2 is 2.12 bits per heavy atom. The Balaban J connectivity index is 2.07. The summed E-state index contributed by atoms with van der Waals surface area (Å²) in [5, 5.41) is 6.79. The first-order valence-electron chi connectivity index (χ1n) is 6.83. The molecule has 2 atom stereocenters. The van der Waals surface area contributed by atoms with E-state index in [4.69, 9.17) is 0 Å². The van der Waals surface area contributed by atoms with E-state index >= 15 is 0 Å². The minimum absolute atomic E-state index is 0.638. The molecule has 1 aliphatic rings. The molecule has 2 unspecified atom stereocenters. The van der Waals surface area contributed by atoms with E-state index in [1.807, 2.05) is 7.05 Å². The fourth-order valence-electron chi connectivity index (χ4n) is 1.80. The Labute approximate surface area is 106 Å². The number of rotatable bonds is 7. The molecule has 0 aromatic carbocycles. The maximum Gasteiger partial charge on any atom is 0.191 e. The van der Waals surface area contributed by atoms with Crippen LogP contribution in [0.5, 0.6) is 0 Å². The van der Waals surface area contributed by atoms with Gasteiger partial charge in [0, 0.05) is 26.2 Å². The Kier molecular flexibility index (Phi) is 6.34. The maximum atomic E-state index is 4.24. The monoisotopic (exact) mass is 240 g/mol. The number of guanidine groups is 1. The van der Waals surface area contributed by atoms with Crippen molar-refractivity contribution >= 4 is 5.96 Å². The molecule has 4 nitrogen and oxygen atoms in total. The summed E-state index contributed by atoms with van der Waals surface area (Å²) in [4.78, 5) is 6.60. The van der Waals surface area contributed by atoms with Crippen molar-refractivity contribution < 1.29 is 0 Å². The second kappa shape index (κ2) is 7.54. The molecule has 0 radical (unpaired) electrons. The van der Waals surface area contributed by atoms with Gasteiger partial charge in [-0.3, -0.25) is 4.99 Å². The third-order valence-corrected chi connectivity index (χ3v) is 3.33. The summed E-state index contributed by atoms with van der Waals surface area (Å²) < 4.78 is 0. The van der Waals surface area contributed by atoms with Crippen molar-refractivity contribution in [2.24, 2.45) is 10.9 Å². The predicted octanol–water partition coefficient (Wildman–Crippen LogP) is 1.29. The highest BCUT2D eigenvalue weighted by Gasteiger charge is 2.33. The first kappa shape index (κ1) is 14.3. The van der Waals surface area contributed by atoms with Crippen LogP contribution in [0.2, 0.25) is 0 Å². The van der Waals surface area contributed by atoms with Crippen molar-refractivity contribution in [2.45, 2.75) is 39.2 Å². The molecule has 0 bridgehead atoms. The number of aliphatic imine (C=N–C) groups is 1. The fraction of sp³-hybridized carbons (Fsp3) is 0.923.